The Balaban J connectivity index is 1.95. The zero-order chi connectivity index (χ0) is 19.4. The van der Waals surface area contributed by atoms with Gasteiger partial charge in [-0.1, -0.05) is 35.3 Å². The van der Waals surface area contributed by atoms with E-state index in [0.29, 0.717) is 28.6 Å². The number of imidazole rings is 1. The molecule has 0 aliphatic carbocycles. The summed E-state index contributed by atoms with van der Waals surface area (Å²) in [5.41, 5.74) is 2.31. The van der Waals surface area contributed by atoms with Crippen LogP contribution in [0.4, 0.5) is 0 Å². The minimum Gasteiger partial charge on any atom is -0.466 e. The van der Waals surface area contributed by atoms with Crippen molar-refractivity contribution in [3.63, 3.8) is 0 Å². The Kier molecular flexibility index (Phi) is 6.37. The van der Waals surface area contributed by atoms with E-state index in [9.17, 15) is 4.79 Å². The number of nitrogens with zero attached hydrogens (tertiary/aromatic N) is 2. The van der Waals surface area contributed by atoms with Crippen LogP contribution in [0.25, 0.3) is 6.08 Å². The van der Waals surface area contributed by atoms with E-state index < -0.39 is 0 Å². The van der Waals surface area contributed by atoms with Crippen LogP contribution < -0.4 is 0 Å². The van der Waals surface area contributed by atoms with Crippen LogP contribution in [0, 0.1) is 6.92 Å². The quantitative estimate of drug-likeness (QED) is 0.395. The standard InChI is InChI=1S/C20H18Cl2N2O2S/c1-13-23-11-17(24(13)12-14-5-6-16(21)10-19(14)22)8-15(20(25)26-2)9-18-4-3-7-27-18/h3-8,10-11H,9,12H2,1-2H3/b15-8+. The highest BCUT2D eigenvalue weighted by Gasteiger charge is 2.15. The number of hydrogen-bond acceptors (Lipinski definition) is 4. The molecule has 0 amide bonds. The van der Waals surface area contributed by atoms with Crippen molar-refractivity contribution < 1.29 is 9.53 Å². The summed E-state index contributed by atoms with van der Waals surface area (Å²) in [4.78, 5) is 17.7. The van der Waals surface area contributed by atoms with Crippen molar-refractivity contribution in [3.05, 3.63) is 79.5 Å². The van der Waals surface area contributed by atoms with Crippen LogP contribution in [0.1, 0.15) is 22.0 Å². The second kappa shape index (κ2) is 8.74. The van der Waals surface area contributed by atoms with Crippen LogP contribution in [0.3, 0.4) is 0 Å². The number of carbonyl (C=O) groups is 1. The molecule has 4 nitrogen and oxygen atoms in total. The molecule has 0 atom stereocenters. The van der Waals surface area contributed by atoms with Crippen molar-refractivity contribution in [2.24, 2.45) is 0 Å². The number of halogens is 2. The topological polar surface area (TPSA) is 44.1 Å². The van der Waals surface area contributed by atoms with Crippen molar-refractivity contribution in [1.29, 1.82) is 0 Å². The number of benzene rings is 1. The molecule has 0 saturated carbocycles. The molecule has 2 heterocycles. The summed E-state index contributed by atoms with van der Waals surface area (Å²) in [5.74, 6) is 0.478. The zero-order valence-corrected chi connectivity index (χ0v) is 17.2. The molecular weight excluding hydrogens is 403 g/mol. The fourth-order valence-electron chi connectivity index (χ4n) is 2.72. The third kappa shape index (κ3) is 4.80. The van der Waals surface area contributed by atoms with Crippen LogP contribution in [0.15, 0.2) is 47.5 Å². The number of hydrogen-bond donors (Lipinski definition) is 0. The van der Waals surface area contributed by atoms with Gasteiger partial charge in [-0.2, -0.15) is 0 Å². The molecule has 0 spiro atoms. The Labute approximate surface area is 172 Å². The first kappa shape index (κ1) is 19.7. The third-order valence-corrected chi connectivity index (χ3v) is 5.61. The molecule has 0 radical (unpaired) electrons. The number of rotatable bonds is 6. The van der Waals surface area contributed by atoms with E-state index in [4.69, 9.17) is 27.9 Å². The monoisotopic (exact) mass is 420 g/mol. The van der Waals surface area contributed by atoms with Gasteiger partial charge in [0.1, 0.15) is 5.82 Å². The smallest absolute Gasteiger partial charge is 0.334 e. The molecule has 2 aromatic heterocycles. The number of carbonyl (C=O) groups excluding carboxylic acids is 1. The zero-order valence-electron chi connectivity index (χ0n) is 14.9. The summed E-state index contributed by atoms with van der Waals surface area (Å²) in [7, 11) is 1.39. The largest absolute Gasteiger partial charge is 0.466 e. The molecule has 1 aromatic carbocycles. The number of aryl methyl sites for hydroxylation is 1. The van der Waals surface area contributed by atoms with Gasteiger partial charge in [-0.05, 0) is 42.1 Å². The third-order valence-electron chi connectivity index (χ3n) is 4.14. The fraction of sp³-hybridized carbons (Fsp3) is 0.200. The van der Waals surface area contributed by atoms with Crippen LogP contribution in [0.2, 0.25) is 10.0 Å². The second-order valence-corrected chi connectivity index (χ2v) is 7.85. The first-order valence-electron chi connectivity index (χ1n) is 8.25. The molecule has 140 valence electrons. The minimum atomic E-state index is -0.349. The van der Waals surface area contributed by atoms with Crippen molar-refractivity contribution in [2.75, 3.05) is 7.11 Å². The molecule has 0 saturated heterocycles. The first-order chi connectivity index (χ1) is 13.0. The number of aromatic nitrogens is 2. The average Bonchev–Trinajstić information content (AvgIpc) is 3.27. The minimum absolute atomic E-state index is 0.349. The molecule has 3 rings (SSSR count). The SMILES string of the molecule is COC(=O)/C(=C/c1cnc(C)n1Cc1ccc(Cl)cc1Cl)Cc1cccs1. The lowest BCUT2D eigenvalue weighted by molar-refractivity contribution is -0.136. The Hall–Kier alpha value is -2.08. The molecule has 7 heteroatoms. The maximum absolute atomic E-state index is 12.3. The van der Waals surface area contributed by atoms with Gasteiger partial charge in [0.05, 0.1) is 25.5 Å². The molecule has 3 aromatic rings. The van der Waals surface area contributed by atoms with Crippen LogP contribution in [-0.4, -0.2) is 22.6 Å². The maximum atomic E-state index is 12.3. The summed E-state index contributed by atoms with van der Waals surface area (Å²) >= 11 is 13.9. The Bertz CT molecular complexity index is 978. The molecule has 0 aliphatic rings. The van der Waals surface area contributed by atoms with Crippen molar-refractivity contribution in [2.45, 2.75) is 19.9 Å². The van der Waals surface area contributed by atoms with Crippen LogP contribution in [0.5, 0.6) is 0 Å². The highest BCUT2D eigenvalue weighted by atomic mass is 35.5. The van der Waals surface area contributed by atoms with Gasteiger partial charge in [0, 0.05) is 26.9 Å². The fourth-order valence-corrected chi connectivity index (χ4v) is 3.92. The molecule has 0 fully saturated rings. The summed E-state index contributed by atoms with van der Waals surface area (Å²) in [6.07, 6.45) is 4.09. The van der Waals surface area contributed by atoms with Gasteiger partial charge in [-0.15, -0.1) is 11.3 Å². The van der Waals surface area contributed by atoms with Gasteiger partial charge >= 0.3 is 5.97 Å². The van der Waals surface area contributed by atoms with Gasteiger partial charge in [-0.3, -0.25) is 0 Å². The molecule has 0 bridgehead atoms. The van der Waals surface area contributed by atoms with Crippen molar-refractivity contribution >= 4 is 46.6 Å². The number of esters is 1. The molecule has 0 unspecified atom stereocenters. The van der Waals surface area contributed by atoms with Gasteiger partial charge in [0.25, 0.3) is 0 Å². The van der Waals surface area contributed by atoms with Crippen molar-refractivity contribution in [1.82, 2.24) is 9.55 Å². The van der Waals surface area contributed by atoms with E-state index in [1.807, 2.05) is 41.1 Å². The first-order valence-corrected chi connectivity index (χ1v) is 9.89. The van der Waals surface area contributed by atoms with E-state index in [2.05, 4.69) is 4.98 Å². The second-order valence-electron chi connectivity index (χ2n) is 5.97. The van der Waals surface area contributed by atoms with Gasteiger partial charge in [0.15, 0.2) is 0 Å². The summed E-state index contributed by atoms with van der Waals surface area (Å²) in [5, 5.41) is 3.17. The van der Waals surface area contributed by atoms with Crippen LogP contribution >= 0.6 is 34.5 Å². The van der Waals surface area contributed by atoms with Gasteiger partial charge in [0.2, 0.25) is 0 Å². The highest BCUT2D eigenvalue weighted by molar-refractivity contribution is 7.09. The Morgan fingerprint density at radius 2 is 2.15 bits per heavy atom. The van der Waals surface area contributed by atoms with E-state index in [0.717, 1.165) is 22.0 Å². The molecule has 0 N–H and O–H groups in total. The van der Waals surface area contributed by atoms with Crippen LogP contribution in [-0.2, 0) is 22.5 Å². The Morgan fingerprint density at radius 1 is 1.33 bits per heavy atom. The molecule has 27 heavy (non-hydrogen) atoms. The summed E-state index contributed by atoms with van der Waals surface area (Å²) in [6.45, 7) is 2.44. The van der Waals surface area contributed by atoms with E-state index in [-0.39, 0.29) is 5.97 Å². The number of methoxy groups -OCH3 is 1. The van der Waals surface area contributed by atoms with Gasteiger partial charge in [-0.25, -0.2) is 9.78 Å². The predicted molar refractivity (Wildman–Crippen MR) is 111 cm³/mol. The van der Waals surface area contributed by atoms with Crippen molar-refractivity contribution in [3.8, 4) is 0 Å². The normalized spacial score (nSPS) is 11.6. The van der Waals surface area contributed by atoms with E-state index in [1.165, 1.54) is 7.11 Å². The van der Waals surface area contributed by atoms with E-state index >= 15 is 0 Å². The molecule has 0 aliphatic heterocycles. The summed E-state index contributed by atoms with van der Waals surface area (Å²) < 4.78 is 6.97. The molecular formula is C20H18Cl2N2O2S. The lowest BCUT2D eigenvalue weighted by Gasteiger charge is -2.11. The Morgan fingerprint density at radius 3 is 2.81 bits per heavy atom. The maximum Gasteiger partial charge on any atom is 0.334 e. The predicted octanol–water partition coefficient (Wildman–Crippen LogP) is 5.41. The number of ether oxygens (including phenoxy) is 1. The van der Waals surface area contributed by atoms with Gasteiger partial charge < -0.3 is 9.30 Å². The average molecular weight is 421 g/mol. The lowest BCUT2D eigenvalue weighted by atomic mass is 10.1. The number of thiophene rings is 1. The van der Waals surface area contributed by atoms with E-state index in [1.54, 1.807) is 29.7 Å². The summed E-state index contributed by atoms with van der Waals surface area (Å²) in [6, 6.07) is 9.38. The highest BCUT2D eigenvalue weighted by Crippen LogP contribution is 2.24. The lowest BCUT2D eigenvalue weighted by Crippen LogP contribution is -2.09.